The second-order valence-electron chi connectivity index (χ2n) is 4.65. The van der Waals surface area contributed by atoms with Gasteiger partial charge in [-0.3, -0.25) is 4.79 Å². The molecule has 3 nitrogen and oxygen atoms in total. The van der Waals surface area contributed by atoms with Crippen LogP contribution in [0.25, 0.3) is 0 Å². The van der Waals surface area contributed by atoms with Crippen LogP contribution in [0.2, 0.25) is 0 Å². The van der Waals surface area contributed by atoms with Gasteiger partial charge in [0.1, 0.15) is 5.82 Å². The summed E-state index contributed by atoms with van der Waals surface area (Å²) < 4.78 is 13.6. The van der Waals surface area contributed by atoms with Gasteiger partial charge in [-0.1, -0.05) is 6.07 Å². The summed E-state index contributed by atoms with van der Waals surface area (Å²) >= 11 is 0. The predicted octanol–water partition coefficient (Wildman–Crippen LogP) is 2.38. The van der Waals surface area contributed by atoms with Gasteiger partial charge in [-0.25, -0.2) is 4.39 Å². The highest BCUT2D eigenvalue weighted by molar-refractivity contribution is 5.85. The van der Waals surface area contributed by atoms with Gasteiger partial charge in [0.15, 0.2) is 6.29 Å². The molecule has 1 aliphatic heterocycles. The molecule has 0 saturated carbocycles. The molecule has 1 N–H and O–H groups in total. The lowest BCUT2D eigenvalue weighted by Crippen LogP contribution is -2.30. The van der Waals surface area contributed by atoms with Crippen LogP contribution >= 0.6 is 0 Å². The minimum atomic E-state index is -0.463. The zero-order chi connectivity index (χ0) is 13.0. The standard InChI is InChI=1S/C14H18FNO2/c15-13-6-1-7-14(12(13)10-18)16-8-2-4-11(16)5-3-9-17/h1,6-7,10-11,17H,2-5,8-9H2. The van der Waals surface area contributed by atoms with Crippen molar-refractivity contribution in [3.63, 3.8) is 0 Å². The molecule has 1 aliphatic rings. The molecule has 1 heterocycles. The topological polar surface area (TPSA) is 40.5 Å². The summed E-state index contributed by atoms with van der Waals surface area (Å²) in [6, 6.07) is 5.05. The van der Waals surface area contributed by atoms with E-state index in [-0.39, 0.29) is 12.2 Å². The smallest absolute Gasteiger partial charge is 0.155 e. The third-order valence-electron chi connectivity index (χ3n) is 3.53. The Morgan fingerprint density at radius 2 is 2.33 bits per heavy atom. The lowest BCUT2D eigenvalue weighted by atomic mass is 10.1. The highest BCUT2D eigenvalue weighted by atomic mass is 19.1. The second-order valence-corrected chi connectivity index (χ2v) is 4.65. The number of carbonyl (C=O) groups is 1. The van der Waals surface area contributed by atoms with Crippen LogP contribution < -0.4 is 4.90 Å². The van der Waals surface area contributed by atoms with Crippen LogP contribution in [-0.4, -0.2) is 30.6 Å². The maximum atomic E-state index is 13.6. The lowest BCUT2D eigenvalue weighted by molar-refractivity contribution is 0.112. The molecule has 2 rings (SSSR count). The molecule has 0 radical (unpaired) electrons. The van der Waals surface area contributed by atoms with Crippen LogP contribution in [0.3, 0.4) is 0 Å². The lowest BCUT2D eigenvalue weighted by Gasteiger charge is -2.28. The first-order valence-corrected chi connectivity index (χ1v) is 6.39. The van der Waals surface area contributed by atoms with Gasteiger partial charge in [0.05, 0.1) is 11.3 Å². The molecule has 1 aromatic carbocycles. The maximum Gasteiger partial charge on any atom is 0.155 e. The fourth-order valence-electron chi connectivity index (χ4n) is 2.67. The Labute approximate surface area is 106 Å². The molecule has 1 atom stereocenters. The molecule has 18 heavy (non-hydrogen) atoms. The molecule has 1 saturated heterocycles. The Morgan fingerprint density at radius 3 is 3.06 bits per heavy atom. The van der Waals surface area contributed by atoms with Gasteiger partial charge >= 0.3 is 0 Å². The number of carbonyl (C=O) groups excluding carboxylic acids is 1. The van der Waals surface area contributed by atoms with Gasteiger partial charge in [0, 0.05) is 19.2 Å². The van der Waals surface area contributed by atoms with Crippen LogP contribution in [0.1, 0.15) is 36.0 Å². The highest BCUT2D eigenvalue weighted by Crippen LogP contribution is 2.31. The summed E-state index contributed by atoms with van der Waals surface area (Å²) in [4.78, 5) is 13.1. The third kappa shape index (κ3) is 2.53. The van der Waals surface area contributed by atoms with Crippen LogP contribution in [0.5, 0.6) is 0 Å². The molecule has 0 spiro atoms. The average Bonchev–Trinajstić information content (AvgIpc) is 2.84. The molecular weight excluding hydrogens is 233 g/mol. The van der Waals surface area contributed by atoms with E-state index in [0.717, 1.165) is 32.2 Å². The van der Waals surface area contributed by atoms with Gasteiger partial charge in [0.25, 0.3) is 0 Å². The molecule has 0 aromatic heterocycles. The van der Waals surface area contributed by atoms with E-state index in [0.29, 0.717) is 18.0 Å². The fourth-order valence-corrected chi connectivity index (χ4v) is 2.67. The average molecular weight is 251 g/mol. The van der Waals surface area contributed by atoms with Crippen LogP contribution in [-0.2, 0) is 0 Å². The molecule has 1 aromatic rings. The van der Waals surface area contributed by atoms with Crippen LogP contribution in [0, 0.1) is 5.82 Å². The number of hydrogen-bond acceptors (Lipinski definition) is 3. The van der Waals surface area contributed by atoms with Crippen molar-refractivity contribution < 1.29 is 14.3 Å². The highest BCUT2D eigenvalue weighted by Gasteiger charge is 2.26. The van der Waals surface area contributed by atoms with Gasteiger partial charge in [-0.05, 0) is 37.8 Å². The molecule has 1 unspecified atom stereocenters. The molecule has 0 amide bonds. The largest absolute Gasteiger partial charge is 0.396 e. The summed E-state index contributed by atoms with van der Waals surface area (Å²) in [5, 5.41) is 8.89. The molecule has 4 heteroatoms. The van der Waals surface area contributed by atoms with Crippen molar-refractivity contribution in [2.24, 2.45) is 0 Å². The SMILES string of the molecule is O=Cc1c(F)cccc1N1CCCC1CCCO. The molecule has 0 aliphatic carbocycles. The van der Waals surface area contributed by atoms with Crippen molar-refractivity contribution in [2.75, 3.05) is 18.1 Å². The summed E-state index contributed by atoms with van der Waals surface area (Å²) in [6.07, 6.45) is 4.30. The molecular formula is C14H18FNO2. The van der Waals surface area contributed by atoms with Crippen LogP contribution in [0.4, 0.5) is 10.1 Å². The number of aliphatic hydroxyl groups excluding tert-OH is 1. The van der Waals surface area contributed by atoms with E-state index in [9.17, 15) is 9.18 Å². The van der Waals surface area contributed by atoms with Crippen molar-refractivity contribution in [1.29, 1.82) is 0 Å². The number of anilines is 1. The normalized spacial score (nSPS) is 19.2. The summed E-state index contributed by atoms with van der Waals surface area (Å²) in [6.45, 7) is 1.02. The van der Waals surface area contributed by atoms with E-state index in [1.54, 1.807) is 12.1 Å². The van der Waals surface area contributed by atoms with Crippen molar-refractivity contribution in [3.8, 4) is 0 Å². The minimum absolute atomic E-state index is 0.147. The number of benzene rings is 1. The fraction of sp³-hybridized carbons (Fsp3) is 0.500. The molecule has 98 valence electrons. The van der Waals surface area contributed by atoms with Crippen molar-refractivity contribution >= 4 is 12.0 Å². The van der Waals surface area contributed by atoms with E-state index >= 15 is 0 Å². The van der Waals surface area contributed by atoms with Gasteiger partial charge in [-0.2, -0.15) is 0 Å². The number of rotatable bonds is 5. The number of aliphatic hydroxyl groups is 1. The first-order chi connectivity index (χ1) is 8.77. The monoisotopic (exact) mass is 251 g/mol. The zero-order valence-corrected chi connectivity index (χ0v) is 10.3. The Balaban J connectivity index is 2.24. The first-order valence-electron chi connectivity index (χ1n) is 6.39. The van der Waals surface area contributed by atoms with Gasteiger partial charge in [-0.15, -0.1) is 0 Å². The van der Waals surface area contributed by atoms with E-state index < -0.39 is 5.82 Å². The molecule has 1 fully saturated rings. The predicted molar refractivity (Wildman–Crippen MR) is 68.5 cm³/mol. The number of nitrogens with zero attached hydrogens (tertiary/aromatic N) is 1. The van der Waals surface area contributed by atoms with E-state index in [1.807, 2.05) is 0 Å². The number of halogens is 1. The Hall–Kier alpha value is -1.42. The summed E-state index contributed by atoms with van der Waals surface area (Å²) in [5.41, 5.74) is 0.832. The quantitative estimate of drug-likeness (QED) is 0.817. The van der Waals surface area contributed by atoms with E-state index in [4.69, 9.17) is 5.11 Å². The second kappa shape index (κ2) is 5.96. The van der Waals surface area contributed by atoms with Crippen molar-refractivity contribution in [3.05, 3.63) is 29.6 Å². The number of hydrogen-bond donors (Lipinski definition) is 1. The Bertz CT molecular complexity index is 422. The van der Waals surface area contributed by atoms with Crippen molar-refractivity contribution in [1.82, 2.24) is 0 Å². The van der Waals surface area contributed by atoms with E-state index in [2.05, 4.69) is 4.90 Å². The first kappa shape index (κ1) is 13.0. The third-order valence-corrected chi connectivity index (χ3v) is 3.53. The summed E-state index contributed by atoms with van der Waals surface area (Å²) in [5.74, 6) is -0.463. The zero-order valence-electron chi connectivity index (χ0n) is 10.3. The Kier molecular flexibility index (Phi) is 4.31. The van der Waals surface area contributed by atoms with Gasteiger partial charge < -0.3 is 10.0 Å². The number of aldehydes is 1. The van der Waals surface area contributed by atoms with Crippen molar-refractivity contribution in [2.45, 2.75) is 31.7 Å². The Morgan fingerprint density at radius 1 is 1.50 bits per heavy atom. The molecule has 0 bridgehead atoms. The van der Waals surface area contributed by atoms with Gasteiger partial charge in [0.2, 0.25) is 0 Å². The summed E-state index contributed by atoms with van der Waals surface area (Å²) in [7, 11) is 0. The maximum absolute atomic E-state index is 13.6. The minimum Gasteiger partial charge on any atom is -0.396 e. The van der Waals surface area contributed by atoms with Crippen LogP contribution in [0.15, 0.2) is 18.2 Å². The van der Waals surface area contributed by atoms with E-state index in [1.165, 1.54) is 6.07 Å².